The van der Waals surface area contributed by atoms with Crippen molar-refractivity contribution in [3.63, 3.8) is 0 Å². The fourth-order valence-electron chi connectivity index (χ4n) is 2.15. The molecule has 0 aliphatic carbocycles. The summed E-state index contributed by atoms with van der Waals surface area (Å²) in [5.74, 6) is 0. The Morgan fingerprint density at radius 2 is 2.10 bits per heavy atom. The van der Waals surface area contributed by atoms with Crippen LogP contribution in [0.3, 0.4) is 0 Å². The standard InChI is InChI=1S/C16H18BrClN2/c1-3-19-16(9-13-6-4-11(2)10-20-13)14-8-12(17)5-7-15(14)18/h4-8,10,16,19H,3,9H2,1-2H3. The van der Waals surface area contributed by atoms with E-state index in [1.54, 1.807) is 0 Å². The van der Waals surface area contributed by atoms with Crippen LogP contribution in [0.25, 0.3) is 0 Å². The lowest BCUT2D eigenvalue weighted by Gasteiger charge is -2.19. The largest absolute Gasteiger partial charge is 0.310 e. The molecule has 0 saturated carbocycles. The third-order valence-electron chi connectivity index (χ3n) is 3.17. The van der Waals surface area contributed by atoms with Gasteiger partial charge in [-0.25, -0.2) is 0 Å². The SMILES string of the molecule is CCNC(Cc1ccc(C)cn1)c1cc(Br)ccc1Cl. The minimum absolute atomic E-state index is 0.167. The average molecular weight is 354 g/mol. The highest BCUT2D eigenvalue weighted by Crippen LogP contribution is 2.28. The quantitative estimate of drug-likeness (QED) is 0.843. The van der Waals surface area contributed by atoms with Gasteiger partial charge in [0.2, 0.25) is 0 Å². The molecule has 4 heteroatoms. The van der Waals surface area contributed by atoms with Crippen LogP contribution < -0.4 is 5.32 Å². The van der Waals surface area contributed by atoms with Crippen molar-refractivity contribution < 1.29 is 0 Å². The van der Waals surface area contributed by atoms with Crippen LogP contribution in [-0.4, -0.2) is 11.5 Å². The Kier molecular flexibility index (Phi) is 5.58. The molecule has 2 nitrogen and oxygen atoms in total. The van der Waals surface area contributed by atoms with E-state index in [1.807, 2.05) is 25.3 Å². The first kappa shape index (κ1) is 15.5. The Bertz CT molecular complexity index is 569. The number of likely N-dealkylation sites (N-methyl/N-ethyl adjacent to an activating group) is 1. The number of nitrogens with zero attached hydrogens (tertiary/aromatic N) is 1. The molecule has 0 amide bonds. The molecule has 1 aromatic heterocycles. The van der Waals surface area contributed by atoms with E-state index >= 15 is 0 Å². The van der Waals surface area contributed by atoms with E-state index in [0.717, 1.165) is 33.7 Å². The van der Waals surface area contributed by atoms with Gasteiger partial charge in [-0.2, -0.15) is 0 Å². The van der Waals surface area contributed by atoms with Gasteiger partial charge in [0, 0.05) is 33.8 Å². The Morgan fingerprint density at radius 1 is 1.30 bits per heavy atom. The normalized spacial score (nSPS) is 12.4. The zero-order valence-electron chi connectivity index (χ0n) is 11.7. The molecule has 0 spiro atoms. The third-order valence-corrected chi connectivity index (χ3v) is 4.01. The Balaban J connectivity index is 2.26. The maximum absolute atomic E-state index is 6.34. The Morgan fingerprint density at radius 3 is 2.75 bits per heavy atom. The summed E-state index contributed by atoms with van der Waals surface area (Å²) in [6, 6.07) is 10.3. The van der Waals surface area contributed by atoms with Gasteiger partial charge in [0.1, 0.15) is 0 Å². The van der Waals surface area contributed by atoms with Crippen LogP contribution >= 0.6 is 27.5 Å². The molecule has 1 N–H and O–H groups in total. The highest BCUT2D eigenvalue weighted by Gasteiger charge is 2.15. The van der Waals surface area contributed by atoms with Crippen molar-refractivity contribution in [1.82, 2.24) is 10.3 Å². The fourth-order valence-corrected chi connectivity index (χ4v) is 2.78. The molecule has 0 bridgehead atoms. The molecule has 1 atom stereocenters. The Hall–Kier alpha value is -0.900. The molecular formula is C16H18BrClN2. The highest BCUT2D eigenvalue weighted by molar-refractivity contribution is 9.10. The van der Waals surface area contributed by atoms with E-state index in [2.05, 4.69) is 51.4 Å². The summed E-state index contributed by atoms with van der Waals surface area (Å²) in [6.45, 7) is 5.03. The van der Waals surface area contributed by atoms with E-state index in [-0.39, 0.29) is 6.04 Å². The maximum Gasteiger partial charge on any atom is 0.0454 e. The lowest BCUT2D eigenvalue weighted by molar-refractivity contribution is 0.544. The second-order valence-corrected chi connectivity index (χ2v) is 6.13. The maximum atomic E-state index is 6.34. The predicted molar refractivity (Wildman–Crippen MR) is 88.2 cm³/mol. The first-order valence-electron chi connectivity index (χ1n) is 6.70. The number of nitrogens with one attached hydrogen (secondary N) is 1. The summed E-state index contributed by atoms with van der Waals surface area (Å²) in [6.07, 6.45) is 2.73. The monoisotopic (exact) mass is 352 g/mol. The third kappa shape index (κ3) is 4.05. The summed E-state index contributed by atoms with van der Waals surface area (Å²) >= 11 is 9.85. The van der Waals surface area contributed by atoms with Crippen molar-refractivity contribution in [1.29, 1.82) is 0 Å². The molecule has 106 valence electrons. The molecule has 1 unspecified atom stereocenters. The Labute approximate surface area is 133 Å². The molecule has 1 aromatic carbocycles. The molecule has 0 fully saturated rings. The zero-order valence-corrected chi connectivity index (χ0v) is 14.0. The lowest BCUT2D eigenvalue weighted by Crippen LogP contribution is -2.23. The van der Waals surface area contributed by atoms with Gasteiger partial charge in [-0.1, -0.05) is 40.5 Å². The van der Waals surface area contributed by atoms with E-state index in [4.69, 9.17) is 11.6 Å². The number of rotatable bonds is 5. The van der Waals surface area contributed by atoms with Gasteiger partial charge in [0.05, 0.1) is 0 Å². The van der Waals surface area contributed by atoms with Crippen molar-refractivity contribution in [2.24, 2.45) is 0 Å². The molecule has 2 rings (SSSR count). The topological polar surface area (TPSA) is 24.9 Å². The van der Waals surface area contributed by atoms with Gasteiger partial charge < -0.3 is 5.32 Å². The molecule has 1 heterocycles. The van der Waals surface area contributed by atoms with E-state index in [0.29, 0.717) is 0 Å². The van der Waals surface area contributed by atoms with Gasteiger partial charge in [0.25, 0.3) is 0 Å². The number of aromatic nitrogens is 1. The molecule has 0 radical (unpaired) electrons. The van der Waals surface area contributed by atoms with Crippen LogP contribution in [0.2, 0.25) is 5.02 Å². The second-order valence-electron chi connectivity index (χ2n) is 4.81. The van der Waals surface area contributed by atoms with Gasteiger partial charge in [-0.15, -0.1) is 0 Å². The van der Waals surface area contributed by atoms with Crippen LogP contribution in [0.15, 0.2) is 41.0 Å². The molecule has 2 aromatic rings. The first-order chi connectivity index (χ1) is 9.60. The zero-order chi connectivity index (χ0) is 14.5. The van der Waals surface area contributed by atoms with Crippen molar-refractivity contribution in [2.45, 2.75) is 26.3 Å². The van der Waals surface area contributed by atoms with Gasteiger partial charge in [-0.05, 0) is 48.9 Å². The van der Waals surface area contributed by atoms with Crippen LogP contribution in [0.5, 0.6) is 0 Å². The van der Waals surface area contributed by atoms with E-state index in [1.165, 1.54) is 5.56 Å². The highest BCUT2D eigenvalue weighted by atomic mass is 79.9. The van der Waals surface area contributed by atoms with E-state index in [9.17, 15) is 0 Å². The van der Waals surface area contributed by atoms with Gasteiger partial charge >= 0.3 is 0 Å². The smallest absolute Gasteiger partial charge is 0.0454 e. The van der Waals surface area contributed by atoms with Crippen molar-refractivity contribution in [2.75, 3.05) is 6.54 Å². The lowest BCUT2D eigenvalue weighted by atomic mass is 10.0. The number of halogens is 2. The van der Waals surface area contributed by atoms with Crippen LogP contribution in [0.4, 0.5) is 0 Å². The van der Waals surface area contributed by atoms with Crippen molar-refractivity contribution in [3.05, 3.63) is 62.8 Å². The summed E-state index contributed by atoms with van der Waals surface area (Å²) in [4.78, 5) is 4.48. The average Bonchev–Trinajstić information content (AvgIpc) is 2.43. The summed E-state index contributed by atoms with van der Waals surface area (Å²) in [7, 11) is 0. The number of pyridine rings is 1. The summed E-state index contributed by atoms with van der Waals surface area (Å²) < 4.78 is 1.04. The molecule has 0 aliphatic rings. The van der Waals surface area contributed by atoms with Gasteiger partial charge in [-0.3, -0.25) is 4.98 Å². The second kappa shape index (κ2) is 7.21. The fraction of sp³-hybridized carbons (Fsp3) is 0.312. The van der Waals surface area contributed by atoms with Crippen LogP contribution in [-0.2, 0) is 6.42 Å². The first-order valence-corrected chi connectivity index (χ1v) is 7.87. The minimum atomic E-state index is 0.167. The molecule has 0 saturated heterocycles. The molecule has 0 aliphatic heterocycles. The predicted octanol–water partition coefficient (Wildman–Crippen LogP) is 4.70. The molecule has 20 heavy (non-hydrogen) atoms. The van der Waals surface area contributed by atoms with Crippen molar-refractivity contribution >= 4 is 27.5 Å². The number of hydrogen-bond donors (Lipinski definition) is 1. The van der Waals surface area contributed by atoms with E-state index < -0.39 is 0 Å². The summed E-state index contributed by atoms with van der Waals surface area (Å²) in [5.41, 5.74) is 3.34. The number of hydrogen-bond acceptors (Lipinski definition) is 2. The van der Waals surface area contributed by atoms with Gasteiger partial charge in [0.15, 0.2) is 0 Å². The number of benzene rings is 1. The minimum Gasteiger partial charge on any atom is -0.310 e. The van der Waals surface area contributed by atoms with Crippen LogP contribution in [0, 0.1) is 6.92 Å². The number of aryl methyl sites for hydroxylation is 1. The molecular weight excluding hydrogens is 336 g/mol. The van der Waals surface area contributed by atoms with Crippen LogP contribution in [0.1, 0.15) is 29.8 Å². The summed E-state index contributed by atoms with van der Waals surface area (Å²) in [5, 5.41) is 4.27. The van der Waals surface area contributed by atoms with Crippen molar-refractivity contribution in [3.8, 4) is 0 Å².